The molecule has 0 aromatic heterocycles. The molecule has 0 unspecified atom stereocenters. The molecule has 1 aliphatic rings. The predicted octanol–water partition coefficient (Wildman–Crippen LogP) is 2.41. The number of hydrogen-bond acceptors (Lipinski definition) is 4. The predicted molar refractivity (Wildman–Crippen MR) is 71.4 cm³/mol. The second-order valence-electron chi connectivity index (χ2n) is 3.41. The number of halogens is 1. The Balaban J connectivity index is 2.28. The molecule has 0 radical (unpaired) electrons. The summed E-state index contributed by atoms with van der Waals surface area (Å²) >= 11 is 2.13. The van der Waals surface area contributed by atoms with Crippen LogP contribution in [0.2, 0.25) is 0 Å². The van der Waals surface area contributed by atoms with Crippen molar-refractivity contribution in [1.29, 1.82) is 0 Å². The molecule has 1 aromatic carbocycles. The van der Waals surface area contributed by atoms with Gasteiger partial charge in [0.15, 0.2) is 11.5 Å². The number of rotatable bonds is 3. The minimum atomic E-state index is -0.308. The first-order chi connectivity index (χ1) is 8.24. The van der Waals surface area contributed by atoms with Gasteiger partial charge in [0.1, 0.15) is 0 Å². The van der Waals surface area contributed by atoms with E-state index in [2.05, 4.69) is 22.6 Å². The molecule has 0 atom stereocenters. The van der Waals surface area contributed by atoms with E-state index in [0.29, 0.717) is 15.8 Å². The van der Waals surface area contributed by atoms with Crippen LogP contribution in [0.15, 0.2) is 23.8 Å². The average molecular weight is 346 g/mol. The van der Waals surface area contributed by atoms with Gasteiger partial charge in [-0.15, -0.1) is 0 Å². The number of carbonyl (C=O) groups excluding carboxylic acids is 1. The average Bonchev–Trinajstić information content (AvgIpc) is 2.82. The fraction of sp³-hybridized carbons (Fsp3) is 0.250. The summed E-state index contributed by atoms with van der Waals surface area (Å²) in [6.07, 6.45) is 1.79. The molecule has 1 aromatic rings. The molecule has 2 rings (SSSR count). The summed E-state index contributed by atoms with van der Waals surface area (Å²) in [7, 11) is 1.38. The molecular weight excluding hydrogens is 335 g/mol. The zero-order valence-corrected chi connectivity index (χ0v) is 11.4. The summed E-state index contributed by atoms with van der Waals surface area (Å²) in [4.78, 5) is 11.4. The third-order valence-electron chi connectivity index (χ3n) is 2.33. The third kappa shape index (κ3) is 2.71. The highest BCUT2D eigenvalue weighted by molar-refractivity contribution is 14.1. The molecule has 0 saturated heterocycles. The Labute approximate surface area is 113 Å². The van der Waals surface area contributed by atoms with Crippen LogP contribution >= 0.6 is 22.6 Å². The van der Waals surface area contributed by atoms with Gasteiger partial charge in [-0.2, -0.15) is 0 Å². The number of carbonyl (C=O) groups is 1. The van der Waals surface area contributed by atoms with Crippen molar-refractivity contribution >= 4 is 34.6 Å². The van der Waals surface area contributed by atoms with Crippen LogP contribution in [-0.2, 0) is 9.53 Å². The van der Waals surface area contributed by atoms with Crippen molar-refractivity contribution in [2.45, 2.75) is 0 Å². The lowest BCUT2D eigenvalue weighted by atomic mass is 10.1. The van der Waals surface area contributed by atoms with E-state index in [9.17, 15) is 4.79 Å². The highest BCUT2D eigenvalue weighted by atomic mass is 127. The molecule has 0 N–H and O–H groups in total. The van der Waals surface area contributed by atoms with Crippen LogP contribution in [0.25, 0.3) is 6.08 Å². The quantitative estimate of drug-likeness (QED) is 0.365. The number of alkyl halides is 1. The van der Waals surface area contributed by atoms with Crippen molar-refractivity contribution in [2.24, 2.45) is 0 Å². The molecule has 0 aliphatic carbocycles. The van der Waals surface area contributed by atoms with E-state index >= 15 is 0 Å². The maximum absolute atomic E-state index is 11.4. The number of methoxy groups -OCH3 is 1. The van der Waals surface area contributed by atoms with E-state index in [1.807, 2.05) is 18.2 Å². The first-order valence-corrected chi connectivity index (χ1v) is 6.51. The minimum Gasteiger partial charge on any atom is -0.466 e. The molecule has 0 saturated carbocycles. The molecule has 0 bridgehead atoms. The van der Waals surface area contributed by atoms with E-state index in [1.165, 1.54) is 7.11 Å². The van der Waals surface area contributed by atoms with Gasteiger partial charge in [0.05, 0.1) is 7.11 Å². The lowest BCUT2D eigenvalue weighted by Crippen LogP contribution is -2.05. The lowest BCUT2D eigenvalue weighted by molar-refractivity contribution is -0.135. The van der Waals surface area contributed by atoms with E-state index in [0.717, 1.165) is 11.3 Å². The number of fused-ring (bicyclic) bond motifs is 1. The van der Waals surface area contributed by atoms with Gasteiger partial charge in [0.2, 0.25) is 6.79 Å². The first-order valence-electron chi connectivity index (χ1n) is 4.99. The largest absolute Gasteiger partial charge is 0.466 e. The molecule has 0 spiro atoms. The molecule has 0 amide bonds. The Bertz CT molecular complexity index is 468. The summed E-state index contributed by atoms with van der Waals surface area (Å²) in [6.45, 7) is 0.249. The maximum atomic E-state index is 11.4. The van der Waals surface area contributed by atoms with Gasteiger partial charge in [-0.05, 0) is 23.8 Å². The van der Waals surface area contributed by atoms with Crippen LogP contribution in [0.4, 0.5) is 0 Å². The molecule has 1 heterocycles. The van der Waals surface area contributed by atoms with Gasteiger partial charge in [-0.25, -0.2) is 4.79 Å². The van der Waals surface area contributed by atoms with Crippen molar-refractivity contribution in [2.75, 3.05) is 18.3 Å². The Hall–Kier alpha value is -1.24. The van der Waals surface area contributed by atoms with Crippen LogP contribution in [0.5, 0.6) is 11.5 Å². The Morgan fingerprint density at radius 3 is 2.94 bits per heavy atom. The number of hydrogen-bond donors (Lipinski definition) is 0. The second kappa shape index (κ2) is 5.39. The molecule has 17 heavy (non-hydrogen) atoms. The smallest absolute Gasteiger partial charge is 0.334 e. The number of ether oxygens (including phenoxy) is 3. The summed E-state index contributed by atoms with van der Waals surface area (Å²) in [5, 5.41) is 0. The van der Waals surface area contributed by atoms with Crippen molar-refractivity contribution in [3.05, 3.63) is 29.3 Å². The summed E-state index contributed by atoms with van der Waals surface area (Å²) in [5.74, 6) is 1.13. The van der Waals surface area contributed by atoms with Crippen LogP contribution < -0.4 is 9.47 Å². The fourth-order valence-corrected chi connectivity index (χ4v) is 2.02. The van der Waals surface area contributed by atoms with E-state index < -0.39 is 0 Å². The molecule has 5 heteroatoms. The topological polar surface area (TPSA) is 44.8 Å². The van der Waals surface area contributed by atoms with Crippen molar-refractivity contribution in [3.63, 3.8) is 0 Å². The van der Waals surface area contributed by atoms with Crippen LogP contribution in [0.1, 0.15) is 5.56 Å². The maximum Gasteiger partial charge on any atom is 0.334 e. The fourth-order valence-electron chi connectivity index (χ4n) is 1.49. The zero-order valence-electron chi connectivity index (χ0n) is 9.23. The van der Waals surface area contributed by atoms with Gasteiger partial charge in [0.25, 0.3) is 0 Å². The number of benzene rings is 1. The number of esters is 1. The van der Waals surface area contributed by atoms with Gasteiger partial charge in [0, 0.05) is 10.0 Å². The van der Waals surface area contributed by atoms with E-state index in [1.54, 1.807) is 6.08 Å². The molecule has 1 aliphatic heterocycles. The van der Waals surface area contributed by atoms with Gasteiger partial charge in [-0.3, -0.25) is 0 Å². The first kappa shape index (κ1) is 12.2. The Morgan fingerprint density at radius 1 is 1.47 bits per heavy atom. The Kier molecular flexibility index (Phi) is 3.88. The van der Waals surface area contributed by atoms with Gasteiger partial charge >= 0.3 is 5.97 Å². The summed E-state index contributed by atoms with van der Waals surface area (Å²) in [5.41, 5.74) is 1.51. The van der Waals surface area contributed by atoms with Gasteiger partial charge < -0.3 is 14.2 Å². The van der Waals surface area contributed by atoms with Crippen LogP contribution in [0, 0.1) is 0 Å². The lowest BCUT2D eigenvalue weighted by Gasteiger charge is -2.02. The standard InChI is InChI=1S/C12H11IO4/c1-15-12(14)9(6-13)4-8-2-3-10-11(5-8)17-7-16-10/h2-5H,6-7H2,1H3/b9-4+. The molecule has 0 fully saturated rings. The third-order valence-corrected chi connectivity index (χ3v) is 3.15. The minimum absolute atomic E-state index is 0.249. The highest BCUT2D eigenvalue weighted by Crippen LogP contribution is 2.33. The second-order valence-corrected chi connectivity index (χ2v) is 4.17. The van der Waals surface area contributed by atoms with E-state index in [4.69, 9.17) is 14.2 Å². The molecular formula is C12H11IO4. The summed E-state index contributed by atoms with van der Waals surface area (Å²) in [6, 6.07) is 5.55. The van der Waals surface area contributed by atoms with Crippen LogP contribution in [0.3, 0.4) is 0 Å². The normalized spacial score (nSPS) is 13.6. The highest BCUT2D eigenvalue weighted by Gasteiger charge is 2.14. The summed E-state index contributed by atoms with van der Waals surface area (Å²) < 4.78 is 15.8. The Morgan fingerprint density at radius 2 is 2.24 bits per heavy atom. The SMILES string of the molecule is COC(=O)/C(=C/c1ccc2c(c1)OCO2)CI. The van der Waals surface area contributed by atoms with Crippen molar-refractivity contribution in [1.82, 2.24) is 0 Å². The van der Waals surface area contributed by atoms with E-state index in [-0.39, 0.29) is 12.8 Å². The monoisotopic (exact) mass is 346 g/mol. The van der Waals surface area contributed by atoms with Crippen molar-refractivity contribution in [3.8, 4) is 11.5 Å². The van der Waals surface area contributed by atoms with Crippen molar-refractivity contribution < 1.29 is 19.0 Å². The molecule has 90 valence electrons. The van der Waals surface area contributed by atoms with Crippen LogP contribution in [-0.4, -0.2) is 24.3 Å². The molecule has 4 nitrogen and oxygen atoms in total. The van der Waals surface area contributed by atoms with Gasteiger partial charge in [-0.1, -0.05) is 28.7 Å². The zero-order chi connectivity index (χ0) is 12.3.